The molecule has 0 atom stereocenters. The van der Waals surface area contributed by atoms with Crippen LogP contribution in [0, 0.1) is 0 Å². The van der Waals surface area contributed by atoms with E-state index in [4.69, 9.17) is 4.74 Å². The van der Waals surface area contributed by atoms with Crippen LogP contribution >= 0.6 is 39.0 Å². The summed E-state index contributed by atoms with van der Waals surface area (Å²) in [5.41, 5.74) is 0.851. The quantitative estimate of drug-likeness (QED) is 0.585. The Morgan fingerprint density at radius 3 is 2.91 bits per heavy atom. The van der Waals surface area contributed by atoms with E-state index < -0.39 is 0 Å². The molecule has 3 aromatic rings. The molecule has 0 saturated carbocycles. The second-order valence-corrected chi connectivity index (χ2v) is 7.76. The molecule has 0 N–H and O–H groups in total. The molecule has 114 valence electrons. The molecular formula is C14H13BrN4OS2. The van der Waals surface area contributed by atoms with Crippen LogP contribution in [0.15, 0.2) is 45.3 Å². The molecule has 2 aromatic heterocycles. The lowest BCUT2D eigenvalue weighted by atomic mass is 10.3. The van der Waals surface area contributed by atoms with Crippen LogP contribution in [-0.4, -0.2) is 26.8 Å². The highest BCUT2D eigenvalue weighted by atomic mass is 79.9. The number of hydrogen-bond donors (Lipinski definition) is 0. The minimum Gasteiger partial charge on any atom is -0.492 e. The zero-order chi connectivity index (χ0) is 15.4. The highest BCUT2D eigenvalue weighted by Gasteiger charge is 2.13. The first-order valence-electron chi connectivity index (χ1n) is 6.65. The summed E-state index contributed by atoms with van der Waals surface area (Å²) in [7, 11) is 0. The first-order chi connectivity index (χ1) is 10.8. The summed E-state index contributed by atoms with van der Waals surface area (Å²) < 4.78 is 8.50. The molecule has 0 amide bonds. The van der Waals surface area contributed by atoms with Crippen molar-refractivity contribution in [2.24, 2.45) is 0 Å². The van der Waals surface area contributed by atoms with E-state index >= 15 is 0 Å². The Balaban J connectivity index is 1.83. The fraction of sp³-hybridized carbons (Fsp3) is 0.214. The molecule has 3 rings (SSSR count). The number of aromatic nitrogens is 4. The molecule has 0 aliphatic rings. The van der Waals surface area contributed by atoms with Gasteiger partial charge in [0.1, 0.15) is 11.4 Å². The Morgan fingerprint density at radius 1 is 1.27 bits per heavy atom. The van der Waals surface area contributed by atoms with Crippen molar-refractivity contribution in [1.82, 2.24) is 20.2 Å². The van der Waals surface area contributed by atoms with Gasteiger partial charge in [0.05, 0.1) is 10.4 Å². The fourth-order valence-electron chi connectivity index (χ4n) is 1.89. The first-order valence-corrected chi connectivity index (χ1v) is 9.25. The molecule has 22 heavy (non-hydrogen) atoms. The lowest BCUT2D eigenvalue weighted by molar-refractivity contribution is 0.337. The van der Waals surface area contributed by atoms with Gasteiger partial charge in [-0.2, -0.15) is 4.68 Å². The van der Waals surface area contributed by atoms with E-state index in [1.165, 1.54) is 4.88 Å². The van der Waals surface area contributed by atoms with Crippen molar-refractivity contribution < 1.29 is 4.74 Å². The third kappa shape index (κ3) is 3.50. The molecule has 0 saturated heterocycles. The summed E-state index contributed by atoms with van der Waals surface area (Å²) in [6.45, 7) is 2.56. The van der Waals surface area contributed by atoms with Gasteiger partial charge in [0.2, 0.25) is 5.16 Å². The Hall–Kier alpha value is -1.38. The monoisotopic (exact) mass is 396 g/mol. The van der Waals surface area contributed by atoms with Crippen LogP contribution < -0.4 is 4.74 Å². The Kier molecular flexibility index (Phi) is 5.12. The van der Waals surface area contributed by atoms with E-state index in [1.807, 2.05) is 37.3 Å². The van der Waals surface area contributed by atoms with Crippen LogP contribution in [0.3, 0.4) is 0 Å². The second-order valence-electron chi connectivity index (χ2n) is 4.27. The number of tetrazole rings is 1. The largest absolute Gasteiger partial charge is 0.492 e. The smallest absolute Gasteiger partial charge is 0.214 e. The van der Waals surface area contributed by atoms with E-state index in [1.54, 1.807) is 27.8 Å². The lowest BCUT2D eigenvalue weighted by Gasteiger charge is -2.10. The minimum atomic E-state index is 0.602. The molecule has 0 radical (unpaired) electrons. The Bertz CT molecular complexity index is 759. The van der Waals surface area contributed by atoms with E-state index in [2.05, 4.69) is 37.5 Å². The standard InChI is InChI=1S/C14H13BrN4OS2/c1-2-20-12-6-4-3-5-11(12)19-14(16-17-18-19)21-9-10-7-8-13(15)22-10/h3-8H,2,9H2,1H3. The average molecular weight is 397 g/mol. The van der Waals surface area contributed by atoms with Crippen molar-refractivity contribution in [3.05, 3.63) is 45.1 Å². The van der Waals surface area contributed by atoms with Crippen LogP contribution in [0.5, 0.6) is 5.75 Å². The summed E-state index contributed by atoms with van der Waals surface area (Å²) in [4.78, 5) is 1.27. The molecule has 2 heterocycles. The van der Waals surface area contributed by atoms with Crippen molar-refractivity contribution in [2.45, 2.75) is 17.8 Å². The maximum absolute atomic E-state index is 5.65. The molecule has 0 unspecified atom stereocenters. The number of nitrogens with zero attached hydrogens (tertiary/aromatic N) is 4. The van der Waals surface area contributed by atoms with Gasteiger partial charge in [-0.25, -0.2) is 0 Å². The maximum Gasteiger partial charge on any atom is 0.214 e. The van der Waals surface area contributed by atoms with Gasteiger partial charge in [-0.15, -0.1) is 16.4 Å². The first kappa shape index (κ1) is 15.5. The van der Waals surface area contributed by atoms with E-state index in [-0.39, 0.29) is 0 Å². The van der Waals surface area contributed by atoms with Crippen LogP contribution in [-0.2, 0) is 5.75 Å². The molecule has 0 bridgehead atoms. The Morgan fingerprint density at radius 2 is 2.14 bits per heavy atom. The van der Waals surface area contributed by atoms with Gasteiger partial charge in [-0.3, -0.25) is 0 Å². The molecule has 0 fully saturated rings. The lowest BCUT2D eigenvalue weighted by Crippen LogP contribution is -2.03. The van der Waals surface area contributed by atoms with Gasteiger partial charge >= 0.3 is 0 Å². The zero-order valence-corrected chi connectivity index (χ0v) is 15.0. The highest BCUT2D eigenvalue weighted by Crippen LogP contribution is 2.30. The van der Waals surface area contributed by atoms with Crippen molar-refractivity contribution in [1.29, 1.82) is 0 Å². The van der Waals surface area contributed by atoms with Crippen LogP contribution in [0.1, 0.15) is 11.8 Å². The minimum absolute atomic E-state index is 0.602. The topological polar surface area (TPSA) is 52.8 Å². The SMILES string of the molecule is CCOc1ccccc1-n1nnnc1SCc1ccc(Br)s1. The number of thioether (sulfide) groups is 1. The summed E-state index contributed by atoms with van der Waals surface area (Å²) >= 11 is 6.79. The molecule has 0 aliphatic carbocycles. The Labute approximate surface area is 144 Å². The van der Waals surface area contributed by atoms with Gasteiger partial charge in [0.25, 0.3) is 0 Å². The summed E-state index contributed by atoms with van der Waals surface area (Å²) in [5, 5.41) is 12.8. The summed E-state index contributed by atoms with van der Waals surface area (Å²) in [6, 6.07) is 11.9. The van der Waals surface area contributed by atoms with Crippen LogP contribution in [0.4, 0.5) is 0 Å². The van der Waals surface area contributed by atoms with Gasteiger partial charge in [0, 0.05) is 10.6 Å². The molecule has 0 spiro atoms. The number of benzene rings is 1. The third-order valence-corrected chi connectivity index (χ3v) is 5.58. The number of halogens is 1. The van der Waals surface area contributed by atoms with E-state index in [9.17, 15) is 0 Å². The van der Waals surface area contributed by atoms with Crippen LogP contribution in [0.25, 0.3) is 5.69 Å². The molecule has 8 heteroatoms. The number of rotatable bonds is 6. The highest BCUT2D eigenvalue weighted by molar-refractivity contribution is 9.11. The predicted molar refractivity (Wildman–Crippen MR) is 91.9 cm³/mol. The number of thiophene rings is 1. The number of ether oxygens (including phenoxy) is 1. The van der Waals surface area contributed by atoms with Gasteiger partial charge in [-0.1, -0.05) is 23.9 Å². The normalized spacial score (nSPS) is 10.8. The van der Waals surface area contributed by atoms with E-state index in [0.717, 1.165) is 26.1 Å². The van der Waals surface area contributed by atoms with Gasteiger partial charge < -0.3 is 4.74 Å². The van der Waals surface area contributed by atoms with Crippen molar-refractivity contribution >= 4 is 39.0 Å². The van der Waals surface area contributed by atoms with Gasteiger partial charge in [-0.05, 0) is 57.5 Å². The molecule has 1 aromatic carbocycles. The average Bonchev–Trinajstić information content (AvgIpc) is 3.15. The number of hydrogen-bond acceptors (Lipinski definition) is 6. The van der Waals surface area contributed by atoms with Crippen molar-refractivity contribution in [3.63, 3.8) is 0 Å². The maximum atomic E-state index is 5.65. The molecular weight excluding hydrogens is 384 g/mol. The van der Waals surface area contributed by atoms with E-state index in [0.29, 0.717) is 6.61 Å². The summed E-state index contributed by atoms with van der Waals surface area (Å²) in [5.74, 6) is 1.60. The zero-order valence-electron chi connectivity index (χ0n) is 11.8. The van der Waals surface area contributed by atoms with Gasteiger partial charge in [0.15, 0.2) is 0 Å². The van der Waals surface area contributed by atoms with Crippen LogP contribution in [0.2, 0.25) is 0 Å². The second kappa shape index (κ2) is 7.26. The summed E-state index contributed by atoms with van der Waals surface area (Å²) in [6.07, 6.45) is 0. The molecule has 0 aliphatic heterocycles. The molecule has 5 nitrogen and oxygen atoms in total. The third-order valence-electron chi connectivity index (χ3n) is 2.81. The van der Waals surface area contributed by atoms with Crippen molar-refractivity contribution in [3.8, 4) is 11.4 Å². The van der Waals surface area contributed by atoms with Crippen molar-refractivity contribution in [2.75, 3.05) is 6.61 Å². The number of para-hydroxylation sites is 2. The predicted octanol–water partition coefficient (Wildman–Crippen LogP) is 4.18. The fourth-order valence-corrected chi connectivity index (χ4v) is 4.30.